The molecule has 2 aromatic rings. The fraction of sp³-hybridized carbons (Fsp3) is 0.562. The zero-order valence-electron chi connectivity index (χ0n) is 12.4. The zero-order chi connectivity index (χ0) is 14.2. The molecular formula is C16H24N2S2. The molecule has 0 saturated carbocycles. The first-order chi connectivity index (χ1) is 9.79. The third-order valence-electron chi connectivity index (χ3n) is 3.27. The molecule has 0 radical (unpaired) electrons. The number of thiazole rings is 1. The number of hydrogen-bond donors (Lipinski definition) is 1. The minimum atomic E-state index is 0.655. The van der Waals surface area contributed by atoms with Gasteiger partial charge in [0.25, 0.3) is 0 Å². The standard InChI is InChI=1S/C16H24N2S2/c1-3-11-17-13(2)8-6-7-12-19-16-18-14-9-4-5-10-15(14)20-16/h4-5,9-10,13,17H,3,6-8,11-12H2,1-2H3. The molecule has 0 aliphatic rings. The highest BCUT2D eigenvalue weighted by molar-refractivity contribution is 8.01. The number of benzene rings is 1. The monoisotopic (exact) mass is 308 g/mol. The number of aromatic nitrogens is 1. The quantitative estimate of drug-likeness (QED) is 0.524. The number of para-hydroxylation sites is 1. The van der Waals surface area contributed by atoms with E-state index in [2.05, 4.69) is 48.4 Å². The molecule has 1 heterocycles. The van der Waals surface area contributed by atoms with Gasteiger partial charge < -0.3 is 5.32 Å². The summed E-state index contributed by atoms with van der Waals surface area (Å²) in [5.41, 5.74) is 1.14. The molecule has 20 heavy (non-hydrogen) atoms. The van der Waals surface area contributed by atoms with Gasteiger partial charge in [0, 0.05) is 11.8 Å². The number of nitrogens with zero attached hydrogens (tertiary/aromatic N) is 1. The van der Waals surface area contributed by atoms with Crippen molar-refractivity contribution < 1.29 is 0 Å². The predicted molar refractivity (Wildman–Crippen MR) is 92.0 cm³/mol. The summed E-state index contributed by atoms with van der Waals surface area (Å²) < 4.78 is 2.51. The second-order valence-electron chi connectivity index (χ2n) is 5.15. The van der Waals surface area contributed by atoms with Crippen LogP contribution < -0.4 is 5.32 Å². The highest BCUT2D eigenvalue weighted by Crippen LogP contribution is 2.29. The summed E-state index contributed by atoms with van der Waals surface area (Å²) in [5.74, 6) is 1.18. The lowest BCUT2D eigenvalue weighted by Gasteiger charge is -2.12. The second-order valence-corrected chi connectivity index (χ2v) is 7.52. The molecule has 2 nitrogen and oxygen atoms in total. The van der Waals surface area contributed by atoms with Crippen molar-refractivity contribution >= 4 is 33.3 Å². The van der Waals surface area contributed by atoms with Crippen molar-refractivity contribution in [2.24, 2.45) is 0 Å². The van der Waals surface area contributed by atoms with Gasteiger partial charge in [0.2, 0.25) is 0 Å². The summed E-state index contributed by atoms with van der Waals surface area (Å²) in [6.45, 7) is 5.65. The van der Waals surface area contributed by atoms with Gasteiger partial charge in [-0.1, -0.05) is 37.2 Å². The van der Waals surface area contributed by atoms with E-state index in [1.165, 1.54) is 40.5 Å². The summed E-state index contributed by atoms with van der Waals surface area (Å²) in [4.78, 5) is 4.66. The van der Waals surface area contributed by atoms with Crippen molar-refractivity contribution in [2.75, 3.05) is 12.3 Å². The van der Waals surface area contributed by atoms with E-state index in [1.807, 2.05) is 23.1 Å². The van der Waals surface area contributed by atoms with Crippen LogP contribution in [0.3, 0.4) is 0 Å². The Kier molecular flexibility index (Phi) is 6.83. The van der Waals surface area contributed by atoms with Gasteiger partial charge in [0.05, 0.1) is 10.2 Å². The normalized spacial score (nSPS) is 12.9. The Hall–Kier alpha value is -0.580. The molecule has 1 N–H and O–H groups in total. The topological polar surface area (TPSA) is 24.9 Å². The van der Waals surface area contributed by atoms with E-state index in [0.717, 1.165) is 12.1 Å². The van der Waals surface area contributed by atoms with Crippen molar-refractivity contribution in [3.63, 3.8) is 0 Å². The van der Waals surface area contributed by atoms with Crippen molar-refractivity contribution in [1.82, 2.24) is 10.3 Å². The zero-order valence-corrected chi connectivity index (χ0v) is 14.0. The number of fused-ring (bicyclic) bond motifs is 1. The van der Waals surface area contributed by atoms with Crippen LogP contribution in [-0.2, 0) is 0 Å². The van der Waals surface area contributed by atoms with Crippen molar-refractivity contribution in [3.05, 3.63) is 24.3 Å². The number of unbranched alkanes of at least 4 members (excludes halogenated alkanes) is 1. The molecule has 0 aliphatic carbocycles. The summed E-state index contributed by atoms with van der Waals surface area (Å²) >= 11 is 3.71. The minimum Gasteiger partial charge on any atom is -0.314 e. The molecule has 0 aliphatic heterocycles. The average molecular weight is 309 g/mol. The Morgan fingerprint density at radius 2 is 2.15 bits per heavy atom. The fourth-order valence-electron chi connectivity index (χ4n) is 2.12. The van der Waals surface area contributed by atoms with Gasteiger partial charge >= 0.3 is 0 Å². The predicted octanol–water partition coefficient (Wildman–Crippen LogP) is 4.95. The third-order valence-corrected chi connectivity index (χ3v) is 5.54. The van der Waals surface area contributed by atoms with Gasteiger partial charge in [0.15, 0.2) is 4.34 Å². The van der Waals surface area contributed by atoms with Crippen LogP contribution in [0.25, 0.3) is 10.2 Å². The van der Waals surface area contributed by atoms with E-state index in [1.54, 1.807) is 0 Å². The summed E-state index contributed by atoms with van der Waals surface area (Å²) in [6.07, 6.45) is 5.08. The van der Waals surface area contributed by atoms with Crippen molar-refractivity contribution in [2.45, 2.75) is 49.9 Å². The SMILES string of the molecule is CCCNC(C)CCCCSc1nc2ccccc2s1. The smallest absolute Gasteiger partial charge is 0.151 e. The van der Waals surface area contributed by atoms with Crippen LogP contribution in [0.5, 0.6) is 0 Å². The molecule has 0 fully saturated rings. The lowest BCUT2D eigenvalue weighted by Crippen LogP contribution is -2.26. The van der Waals surface area contributed by atoms with E-state index in [0.29, 0.717) is 6.04 Å². The summed E-state index contributed by atoms with van der Waals surface area (Å²) in [5, 5.41) is 3.54. The fourth-order valence-corrected chi connectivity index (χ4v) is 4.26. The molecule has 1 atom stereocenters. The van der Waals surface area contributed by atoms with Crippen LogP contribution in [0.2, 0.25) is 0 Å². The largest absolute Gasteiger partial charge is 0.314 e. The van der Waals surface area contributed by atoms with E-state index in [4.69, 9.17) is 0 Å². The molecule has 2 rings (SSSR count). The Balaban J connectivity index is 1.63. The van der Waals surface area contributed by atoms with Gasteiger partial charge in [-0.2, -0.15) is 0 Å². The molecule has 0 bridgehead atoms. The van der Waals surface area contributed by atoms with Crippen molar-refractivity contribution in [1.29, 1.82) is 0 Å². The maximum atomic E-state index is 4.66. The first-order valence-electron chi connectivity index (χ1n) is 7.51. The Bertz CT molecular complexity index is 477. The van der Waals surface area contributed by atoms with Crippen LogP contribution in [-0.4, -0.2) is 23.3 Å². The molecular weight excluding hydrogens is 284 g/mol. The number of nitrogens with one attached hydrogen (secondary N) is 1. The summed E-state index contributed by atoms with van der Waals surface area (Å²) in [6, 6.07) is 9.04. The first kappa shape index (κ1) is 15.8. The number of hydrogen-bond acceptors (Lipinski definition) is 4. The molecule has 0 saturated heterocycles. The Morgan fingerprint density at radius 1 is 1.30 bits per heavy atom. The minimum absolute atomic E-state index is 0.655. The van der Waals surface area contributed by atoms with Crippen LogP contribution in [0, 0.1) is 0 Å². The first-order valence-corrected chi connectivity index (χ1v) is 9.31. The van der Waals surface area contributed by atoms with Gasteiger partial charge in [0.1, 0.15) is 0 Å². The van der Waals surface area contributed by atoms with Gasteiger partial charge in [-0.05, 0) is 44.9 Å². The Labute approximate surface area is 130 Å². The second kappa shape index (κ2) is 8.65. The van der Waals surface area contributed by atoms with Crippen LogP contribution in [0.4, 0.5) is 0 Å². The maximum Gasteiger partial charge on any atom is 0.151 e. The van der Waals surface area contributed by atoms with E-state index < -0.39 is 0 Å². The lowest BCUT2D eigenvalue weighted by molar-refractivity contribution is 0.496. The molecule has 0 amide bonds. The molecule has 4 heteroatoms. The molecule has 1 aromatic heterocycles. The van der Waals surface area contributed by atoms with Gasteiger partial charge in [-0.3, -0.25) is 0 Å². The lowest BCUT2D eigenvalue weighted by atomic mass is 10.1. The van der Waals surface area contributed by atoms with E-state index in [9.17, 15) is 0 Å². The van der Waals surface area contributed by atoms with E-state index >= 15 is 0 Å². The van der Waals surface area contributed by atoms with Gasteiger partial charge in [-0.15, -0.1) is 11.3 Å². The third kappa shape index (κ3) is 5.08. The molecule has 1 unspecified atom stereocenters. The molecule has 110 valence electrons. The molecule has 0 spiro atoms. The van der Waals surface area contributed by atoms with E-state index in [-0.39, 0.29) is 0 Å². The van der Waals surface area contributed by atoms with Crippen LogP contribution in [0.15, 0.2) is 28.6 Å². The van der Waals surface area contributed by atoms with Crippen LogP contribution >= 0.6 is 23.1 Å². The highest BCUT2D eigenvalue weighted by atomic mass is 32.2. The van der Waals surface area contributed by atoms with Gasteiger partial charge in [-0.25, -0.2) is 4.98 Å². The maximum absolute atomic E-state index is 4.66. The van der Waals surface area contributed by atoms with Crippen molar-refractivity contribution in [3.8, 4) is 0 Å². The highest BCUT2D eigenvalue weighted by Gasteiger charge is 2.04. The molecule has 1 aromatic carbocycles. The Morgan fingerprint density at radius 3 is 2.95 bits per heavy atom. The summed E-state index contributed by atoms with van der Waals surface area (Å²) in [7, 11) is 0. The van der Waals surface area contributed by atoms with Crippen LogP contribution in [0.1, 0.15) is 39.5 Å². The number of thioether (sulfide) groups is 1. The average Bonchev–Trinajstić information content (AvgIpc) is 2.87. The number of rotatable bonds is 9.